The maximum atomic E-state index is 12.3. The zero-order valence-electron chi connectivity index (χ0n) is 11.4. The molecule has 2 unspecified atom stereocenters. The number of nitrogen functional groups attached to an aromatic ring is 1. The minimum Gasteiger partial charge on any atom is -0.397 e. The van der Waals surface area contributed by atoms with Gasteiger partial charge in [0.15, 0.2) is 0 Å². The predicted molar refractivity (Wildman–Crippen MR) is 86.8 cm³/mol. The predicted octanol–water partition coefficient (Wildman–Crippen LogP) is 3.06. The lowest BCUT2D eigenvalue weighted by Gasteiger charge is -2.13. The molecule has 0 fully saturated rings. The summed E-state index contributed by atoms with van der Waals surface area (Å²) in [5.74, 6) is -0.346. The van der Waals surface area contributed by atoms with Crippen molar-refractivity contribution >= 4 is 39.7 Å². The van der Waals surface area contributed by atoms with Crippen LogP contribution in [0.15, 0.2) is 53.4 Å². The highest BCUT2D eigenvalue weighted by molar-refractivity contribution is 7.86. The highest BCUT2D eigenvalue weighted by Crippen LogP contribution is 2.19. The van der Waals surface area contributed by atoms with Crippen LogP contribution in [0, 0.1) is 0 Å². The molecule has 0 aliphatic rings. The maximum Gasteiger partial charge on any atom is 0.240 e. The Morgan fingerprint density at radius 3 is 2.43 bits per heavy atom. The van der Waals surface area contributed by atoms with E-state index in [2.05, 4.69) is 5.32 Å². The molecule has 3 N–H and O–H groups in total. The van der Waals surface area contributed by atoms with Gasteiger partial charge in [-0.2, -0.15) is 0 Å². The summed E-state index contributed by atoms with van der Waals surface area (Å²) in [7, 11) is -1.46. The van der Waals surface area contributed by atoms with Crippen LogP contribution in [0.5, 0.6) is 0 Å². The summed E-state index contributed by atoms with van der Waals surface area (Å²) in [6.07, 6.45) is 0. The number of carbonyl (C=O) groups is 1. The van der Waals surface area contributed by atoms with E-state index in [1.165, 1.54) is 0 Å². The summed E-state index contributed by atoms with van der Waals surface area (Å²) in [5, 5.41) is 2.55. The van der Waals surface area contributed by atoms with Crippen molar-refractivity contribution in [2.75, 3.05) is 11.1 Å². The Labute approximate surface area is 130 Å². The van der Waals surface area contributed by atoms with Crippen molar-refractivity contribution in [1.82, 2.24) is 0 Å². The third kappa shape index (κ3) is 3.83. The number of anilines is 2. The van der Waals surface area contributed by atoms with E-state index < -0.39 is 16.0 Å². The molecule has 21 heavy (non-hydrogen) atoms. The molecular weight excluding hydrogens is 308 g/mol. The first-order valence-corrected chi connectivity index (χ1v) is 7.89. The molecular formula is C15H15ClN2O2S. The van der Waals surface area contributed by atoms with E-state index >= 15 is 0 Å². The number of benzene rings is 2. The summed E-state index contributed by atoms with van der Waals surface area (Å²) < 4.78 is 12.3. The molecule has 0 bridgehead atoms. The molecule has 0 aliphatic carbocycles. The van der Waals surface area contributed by atoms with Crippen LogP contribution in [0.4, 0.5) is 11.4 Å². The number of nitrogens with two attached hydrogens (primary N) is 1. The third-order valence-corrected chi connectivity index (χ3v) is 4.80. The first-order valence-electron chi connectivity index (χ1n) is 6.30. The fraction of sp³-hybridized carbons (Fsp3) is 0.133. The molecule has 0 aliphatic heterocycles. The Morgan fingerprint density at radius 1 is 1.19 bits per heavy atom. The molecule has 0 heterocycles. The number of para-hydroxylation sites is 2. The lowest BCUT2D eigenvalue weighted by molar-refractivity contribution is -0.115. The monoisotopic (exact) mass is 322 g/mol. The number of nitrogens with one attached hydrogen (secondary N) is 1. The van der Waals surface area contributed by atoms with Gasteiger partial charge in [-0.15, -0.1) is 0 Å². The Bertz CT molecular complexity index is 674. The summed E-state index contributed by atoms with van der Waals surface area (Å²) in [5.41, 5.74) is 6.75. The fourth-order valence-corrected chi connectivity index (χ4v) is 2.91. The number of amides is 1. The summed E-state index contributed by atoms with van der Waals surface area (Å²) in [6.45, 7) is 1.61. The van der Waals surface area contributed by atoms with Gasteiger partial charge in [0, 0.05) is 9.92 Å². The van der Waals surface area contributed by atoms with Crippen molar-refractivity contribution in [2.24, 2.45) is 0 Å². The summed E-state index contributed by atoms with van der Waals surface area (Å²) in [4.78, 5) is 12.7. The fourth-order valence-electron chi connectivity index (χ4n) is 1.72. The Morgan fingerprint density at radius 2 is 1.81 bits per heavy atom. The van der Waals surface area contributed by atoms with Gasteiger partial charge in [-0.25, -0.2) is 0 Å². The van der Waals surface area contributed by atoms with Crippen molar-refractivity contribution < 1.29 is 9.00 Å². The molecule has 2 aromatic carbocycles. The van der Waals surface area contributed by atoms with E-state index in [4.69, 9.17) is 17.3 Å². The molecule has 2 rings (SSSR count). The molecule has 0 radical (unpaired) electrons. The summed E-state index contributed by atoms with van der Waals surface area (Å²) >= 11 is 5.79. The van der Waals surface area contributed by atoms with Gasteiger partial charge >= 0.3 is 0 Å². The van der Waals surface area contributed by atoms with Gasteiger partial charge in [0.1, 0.15) is 5.25 Å². The highest BCUT2D eigenvalue weighted by Gasteiger charge is 2.22. The molecule has 1 amide bonds. The molecule has 2 atom stereocenters. The van der Waals surface area contributed by atoms with Gasteiger partial charge in [-0.1, -0.05) is 23.7 Å². The normalized spacial score (nSPS) is 13.4. The number of hydrogen-bond acceptors (Lipinski definition) is 3. The molecule has 0 saturated carbocycles. The van der Waals surface area contributed by atoms with Crippen LogP contribution in [0.3, 0.4) is 0 Å². The van der Waals surface area contributed by atoms with Gasteiger partial charge in [-0.3, -0.25) is 9.00 Å². The Hall–Kier alpha value is -1.85. The van der Waals surface area contributed by atoms with Crippen molar-refractivity contribution in [1.29, 1.82) is 0 Å². The lowest BCUT2D eigenvalue weighted by Crippen LogP contribution is -2.29. The van der Waals surface area contributed by atoms with Gasteiger partial charge in [0.25, 0.3) is 0 Å². The number of halogens is 1. The largest absolute Gasteiger partial charge is 0.397 e. The van der Waals surface area contributed by atoms with Gasteiger partial charge < -0.3 is 11.1 Å². The molecule has 0 spiro atoms. The molecule has 2 aromatic rings. The third-order valence-electron chi connectivity index (χ3n) is 2.95. The van der Waals surface area contributed by atoms with Crippen molar-refractivity contribution in [3.8, 4) is 0 Å². The number of rotatable bonds is 4. The first-order chi connectivity index (χ1) is 9.99. The molecule has 110 valence electrons. The minimum atomic E-state index is -1.46. The number of carbonyl (C=O) groups excluding carboxylic acids is 1. The van der Waals surface area contributed by atoms with Crippen molar-refractivity contribution in [3.63, 3.8) is 0 Å². The lowest BCUT2D eigenvalue weighted by atomic mass is 10.2. The first kappa shape index (κ1) is 15.5. The van der Waals surface area contributed by atoms with E-state index in [-0.39, 0.29) is 5.91 Å². The minimum absolute atomic E-state index is 0.346. The van der Waals surface area contributed by atoms with Crippen LogP contribution in [0.2, 0.25) is 5.02 Å². The molecule has 0 saturated heterocycles. The quantitative estimate of drug-likeness (QED) is 0.850. The van der Waals surface area contributed by atoms with Gasteiger partial charge in [0.05, 0.1) is 22.2 Å². The SMILES string of the molecule is CC(C(=O)Nc1ccccc1N)S(=O)c1ccc(Cl)cc1. The molecule has 6 heteroatoms. The van der Waals surface area contributed by atoms with E-state index in [0.29, 0.717) is 21.3 Å². The van der Waals surface area contributed by atoms with Crippen molar-refractivity contribution in [3.05, 3.63) is 53.6 Å². The zero-order chi connectivity index (χ0) is 15.4. The van der Waals surface area contributed by atoms with Crippen LogP contribution in [-0.2, 0) is 15.6 Å². The van der Waals surface area contributed by atoms with Crippen LogP contribution in [0.1, 0.15) is 6.92 Å². The smallest absolute Gasteiger partial charge is 0.240 e. The Kier molecular flexibility index (Phi) is 4.98. The number of hydrogen-bond donors (Lipinski definition) is 2. The van der Waals surface area contributed by atoms with Crippen LogP contribution in [-0.4, -0.2) is 15.4 Å². The highest BCUT2D eigenvalue weighted by atomic mass is 35.5. The van der Waals surface area contributed by atoms with E-state index in [0.717, 1.165) is 0 Å². The molecule has 4 nitrogen and oxygen atoms in total. The topological polar surface area (TPSA) is 72.2 Å². The van der Waals surface area contributed by atoms with Gasteiger partial charge in [-0.05, 0) is 43.3 Å². The van der Waals surface area contributed by atoms with Crippen LogP contribution < -0.4 is 11.1 Å². The average Bonchev–Trinajstić information content (AvgIpc) is 2.49. The van der Waals surface area contributed by atoms with Crippen LogP contribution in [0.25, 0.3) is 0 Å². The molecule has 0 aromatic heterocycles. The van der Waals surface area contributed by atoms with E-state index in [9.17, 15) is 9.00 Å². The second kappa shape index (κ2) is 6.74. The van der Waals surface area contributed by atoms with Crippen molar-refractivity contribution in [2.45, 2.75) is 17.1 Å². The maximum absolute atomic E-state index is 12.3. The second-order valence-corrected chi connectivity index (χ2v) is 6.68. The average molecular weight is 323 g/mol. The standard InChI is InChI=1S/C15H15ClN2O2S/c1-10(21(20)12-8-6-11(16)7-9-12)15(19)18-14-5-3-2-4-13(14)17/h2-10H,17H2,1H3,(H,18,19). The van der Waals surface area contributed by atoms with Crippen LogP contribution >= 0.6 is 11.6 Å². The van der Waals surface area contributed by atoms with E-state index in [1.807, 2.05) is 0 Å². The van der Waals surface area contributed by atoms with Gasteiger partial charge in [0.2, 0.25) is 5.91 Å². The zero-order valence-corrected chi connectivity index (χ0v) is 12.9. The Balaban J connectivity index is 2.10. The summed E-state index contributed by atoms with van der Waals surface area (Å²) in [6, 6.07) is 13.5. The second-order valence-electron chi connectivity index (χ2n) is 4.47. The van der Waals surface area contributed by atoms with E-state index in [1.54, 1.807) is 55.5 Å².